The molecule has 0 amide bonds. The molecular formula is C12H15FN4O3. The van der Waals surface area contributed by atoms with Gasteiger partial charge in [0.15, 0.2) is 12.0 Å². The fourth-order valence-corrected chi connectivity index (χ4v) is 2.47. The van der Waals surface area contributed by atoms with E-state index in [1.54, 1.807) is 12.1 Å². The van der Waals surface area contributed by atoms with Gasteiger partial charge in [-0.3, -0.25) is 0 Å². The molecule has 0 radical (unpaired) electrons. The molecule has 2 aromatic heterocycles. The largest absolute Gasteiger partial charge is 0.393 e. The number of hydrogen-bond acceptors (Lipinski definition) is 6. The van der Waals surface area contributed by atoms with Gasteiger partial charge in [-0.05, 0) is 19.1 Å². The minimum Gasteiger partial charge on any atom is -0.393 e. The molecular weight excluding hydrogens is 267 g/mol. The summed E-state index contributed by atoms with van der Waals surface area (Å²) < 4.78 is 21.2. The maximum absolute atomic E-state index is 14.3. The zero-order chi connectivity index (χ0) is 14.5. The van der Waals surface area contributed by atoms with Crippen LogP contribution in [0.25, 0.3) is 5.52 Å². The summed E-state index contributed by atoms with van der Waals surface area (Å²) in [6.07, 6.45) is -2.85. The predicted octanol–water partition coefficient (Wildman–Crippen LogP) is -0.167. The lowest BCUT2D eigenvalue weighted by atomic mass is 9.98. The van der Waals surface area contributed by atoms with Gasteiger partial charge in [0, 0.05) is 0 Å². The van der Waals surface area contributed by atoms with Gasteiger partial charge in [0.05, 0.1) is 12.3 Å². The molecule has 0 bridgehead atoms. The van der Waals surface area contributed by atoms with E-state index in [1.165, 1.54) is 17.8 Å². The number of aromatic nitrogens is 3. The van der Waals surface area contributed by atoms with Crippen LogP contribution in [0.5, 0.6) is 0 Å². The third kappa shape index (κ3) is 1.69. The van der Waals surface area contributed by atoms with Crippen molar-refractivity contribution in [2.45, 2.75) is 30.9 Å². The second kappa shape index (κ2) is 4.37. The summed E-state index contributed by atoms with van der Waals surface area (Å²) in [5, 5.41) is 23.2. The number of ether oxygens (including phenoxy) is 1. The minimum absolute atomic E-state index is 0.269. The number of hydrogen-bond donors (Lipinski definition) is 3. The third-order valence-corrected chi connectivity index (χ3v) is 3.73. The van der Waals surface area contributed by atoms with E-state index in [0.29, 0.717) is 11.2 Å². The molecule has 2 aromatic rings. The number of rotatable bonds is 2. The molecule has 4 atom stereocenters. The first-order chi connectivity index (χ1) is 9.48. The van der Waals surface area contributed by atoms with Crippen LogP contribution in [0.3, 0.4) is 0 Å². The fraction of sp³-hybridized carbons (Fsp3) is 0.500. The first kappa shape index (κ1) is 13.2. The highest BCUT2D eigenvalue weighted by Crippen LogP contribution is 2.41. The standard InChI is InChI=1S/C12H15FN4O3/c1-12(4-18)10(19)8(13)9(20-12)6-2-3-7-11(14)15-5-16-17(6)7/h2-3,5,8-10,18-19H,4H2,1H3,(H2,14,15,16)/t8-,9-,10-,12+/m0/s1. The molecule has 0 saturated carbocycles. The summed E-state index contributed by atoms with van der Waals surface area (Å²) in [7, 11) is 0. The van der Waals surface area contributed by atoms with Crippen LogP contribution in [0.2, 0.25) is 0 Å². The van der Waals surface area contributed by atoms with Crippen LogP contribution in [0, 0.1) is 0 Å². The van der Waals surface area contributed by atoms with E-state index < -0.39 is 30.6 Å². The van der Waals surface area contributed by atoms with Crippen molar-refractivity contribution in [3.63, 3.8) is 0 Å². The molecule has 20 heavy (non-hydrogen) atoms. The smallest absolute Gasteiger partial charge is 0.160 e. The van der Waals surface area contributed by atoms with Crippen LogP contribution in [0.4, 0.5) is 10.2 Å². The number of halogens is 1. The Labute approximate surface area is 113 Å². The number of aliphatic hydroxyl groups excluding tert-OH is 2. The number of nitrogen functional groups attached to an aromatic ring is 1. The molecule has 1 fully saturated rings. The Hall–Kier alpha value is -1.77. The molecule has 4 N–H and O–H groups in total. The molecule has 1 aliphatic heterocycles. The van der Waals surface area contributed by atoms with E-state index in [4.69, 9.17) is 10.5 Å². The van der Waals surface area contributed by atoms with Gasteiger partial charge in [-0.1, -0.05) is 0 Å². The molecule has 0 unspecified atom stereocenters. The van der Waals surface area contributed by atoms with Crippen LogP contribution in [-0.2, 0) is 4.74 Å². The quantitative estimate of drug-likeness (QED) is 0.706. The van der Waals surface area contributed by atoms with E-state index in [2.05, 4.69) is 10.1 Å². The molecule has 1 aliphatic rings. The number of nitrogens with two attached hydrogens (primary N) is 1. The Morgan fingerprint density at radius 1 is 1.55 bits per heavy atom. The summed E-state index contributed by atoms with van der Waals surface area (Å²) in [4.78, 5) is 3.85. The number of fused-ring (bicyclic) bond motifs is 1. The molecule has 0 aromatic carbocycles. The van der Waals surface area contributed by atoms with Gasteiger partial charge in [0.1, 0.15) is 29.7 Å². The molecule has 1 saturated heterocycles. The van der Waals surface area contributed by atoms with Crippen molar-refractivity contribution < 1.29 is 19.3 Å². The zero-order valence-electron chi connectivity index (χ0n) is 10.8. The Morgan fingerprint density at radius 2 is 2.30 bits per heavy atom. The summed E-state index contributed by atoms with van der Waals surface area (Å²) in [5.41, 5.74) is 5.32. The van der Waals surface area contributed by atoms with E-state index in [0.717, 1.165) is 0 Å². The Balaban J connectivity index is 2.06. The van der Waals surface area contributed by atoms with Crippen LogP contribution < -0.4 is 5.73 Å². The van der Waals surface area contributed by atoms with Gasteiger partial charge in [0.25, 0.3) is 0 Å². The normalized spacial score (nSPS) is 33.9. The molecule has 3 heterocycles. The first-order valence-electron chi connectivity index (χ1n) is 6.17. The Morgan fingerprint density at radius 3 is 2.95 bits per heavy atom. The van der Waals surface area contributed by atoms with Crippen molar-refractivity contribution >= 4 is 11.3 Å². The maximum atomic E-state index is 14.3. The Bertz CT molecular complexity index is 649. The number of anilines is 1. The van der Waals surface area contributed by atoms with Crippen molar-refractivity contribution in [1.82, 2.24) is 14.6 Å². The van der Waals surface area contributed by atoms with Gasteiger partial charge in [-0.2, -0.15) is 5.10 Å². The van der Waals surface area contributed by atoms with E-state index in [-0.39, 0.29) is 5.82 Å². The fourth-order valence-electron chi connectivity index (χ4n) is 2.47. The minimum atomic E-state index is -1.67. The number of alkyl halides is 1. The molecule has 7 nitrogen and oxygen atoms in total. The molecule has 8 heteroatoms. The summed E-state index contributed by atoms with van der Waals surface area (Å²) in [6.45, 7) is 0.981. The van der Waals surface area contributed by atoms with Crippen LogP contribution >= 0.6 is 0 Å². The van der Waals surface area contributed by atoms with E-state index >= 15 is 0 Å². The number of aliphatic hydroxyl groups is 2. The van der Waals surface area contributed by atoms with Crippen molar-refractivity contribution in [1.29, 1.82) is 0 Å². The number of nitrogens with zero attached hydrogens (tertiary/aromatic N) is 3. The van der Waals surface area contributed by atoms with Crippen molar-refractivity contribution in [3.8, 4) is 0 Å². The summed E-state index contributed by atoms with van der Waals surface area (Å²) in [5.74, 6) is 0.269. The second-order valence-electron chi connectivity index (χ2n) is 5.10. The lowest BCUT2D eigenvalue weighted by Crippen LogP contribution is -2.42. The van der Waals surface area contributed by atoms with Crippen LogP contribution in [0.1, 0.15) is 18.7 Å². The predicted molar refractivity (Wildman–Crippen MR) is 67.6 cm³/mol. The lowest BCUT2D eigenvalue weighted by Gasteiger charge is -2.24. The van der Waals surface area contributed by atoms with Crippen LogP contribution in [0.15, 0.2) is 18.5 Å². The van der Waals surface area contributed by atoms with E-state index in [9.17, 15) is 14.6 Å². The first-order valence-corrected chi connectivity index (χ1v) is 6.17. The average molecular weight is 282 g/mol. The summed E-state index contributed by atoms with van der Waals surface area (Å²) in [6, 6.07) is 3.27. The van der Waals surface area contributed by atoms with Crippen LogP contribution in [-0.4, -0.2) is 49.3 Å². The maximum Gasteiger partial charge on any atom is 0.160 e. The SMILES string of the molecule is C[C@]1(CO)O[C@@H](c2ccc3c(N)ncnn23)[C@H](F)[C@@H]1O. The third-order valence-electron chi connectivity index (χ3n) is 3.73. The highest BCUT2D eigenvalue weighted by molar-refractivity contribution is 5.65. The van der Waals surface area contributed by atoms with Gasteiger partial charge >= 0.3 is 0 Å². The monoisotopic (exact) mass is 282 g/mol. The van der Waals surface area contributed by atoms with Crippen molar-refractivity contribution in [2.75, 3.05) is 12.3 Å². The second-order valence-corrected chi connectivity index (χ2v) is 5.10. The van der Waals surface area contributed by atoms with Gasteiger partial charge in [0.2, 0.25) is 0 Å². The zero-order valence-corrected chi connectivity index (χ0v) is 10.8. The van der Waals surface area contributed by atoms with Gasteiger partial charge in [-0.25, -0.2) is 13.9 Å². The average Bonchev–Trinajstić information content (AvgIpc) is 2.96. The molecule has 0 spiro atoms. The van der Waals surface area contributed by atoms with E-state index in [1.807, 2.05) is 0 Å². The summed E-state index contributed by atoms with van der Waals surface area (Å²) >= 11 is 0. The highest BCUT2D eigenvalue weighted by Gasteiger charge is 2.53. The Kier molecular flexibility index (Phi) is 2.89. The van der Waals surface area contributed by atoms with Crippen molar-refractivity contribution in [2.24, 2.45) is 0 Å². The van der Waals surface area contributed by atoms with Crippen molar-refractivity contribution in [3.05, 3.63) is 24.2 Å². The molecule has 108 valence electrons. The van der Waals surface area contributed by atoms with Gasteiger partial charge in [-0.15, -0.1) is 0 Å². The van der Waals surface area contributed by atoms with Gasteiger partial charge < -0.3 is 20.7 Å². The molecule has 3 rings (SSSR count). The highest BCUT2D eigenvalue weighted by atomic mass is 19.1. The lowest BCUT2D eigenvalue weighted by molar-refractivity contribution is -0.100. The topological polar surface area (TPSA) is 106 Å². The molecule has 0 aliphatic carbocycles.